The average Bonchev–Trinajstić information content (AvgIpc) is 2.54. The van der Waals surface area contributed by atoms with Gasteiger partial charge >= 0.3 is 5.97 Å². The molecular formula is C11H15NO5. The van der Waals surface area contributed by atoms with Crippen molar-refractivity contribution < 1.29 is 24.2 Å². The molecule has 1 atom stereocenters. The summed E-state index contributed by atoms with van der Waals surface area (Å²) in [6, 6.07) is 1.70. The quantitative estimate of drug-likeness (QED) is 0.711. The zero-order chi connectivity index (χ0) is 13.2. The second-order valence-corrected chi connectivity index (χ2v) is 4.13. The summed E-state index contributed by atoms with van der Waals surface area (Å²) in [5.74, 6) is -1.22. The monoisotopic (exact) mass is 241 g/mol. The minimum Gasteiger partial charge on any atom is -0.479 e. The fraction of sp³-hybridized carbons (Fsp3) is 0.455. The molecule has 0 fully saturated rings. The van der Waals surface area contributed by atoms with Gasteiger partial charge in [0.1, 0.15) is 5.76 Å². The molecule has 6 nitrogen and oxygen atoms in total. The second kappa shape index (κ2) is 4.58. The summed E-state index contributed by atoms with van der Waals surface area (Å²) in [6.45, 7) is 4.13. The van der Waals surface area contributed by atoms with Crippen molar-refractivity contribution in [3.63, 3.8) is 0 Å². The van der Waals surface area contributed by atoms with Gasteiger partial charge in [-0.1, -0.05) is 0 Å². The number of furan rings is 1. The van der Waals surface area contributed by atoms with Gasteiger partial charge in [0.25, 0.3) is 5.91 Å². The van der Waals surface area contributed by atoms with Gasteiger partial charge in [-0.2, -0.15) is 0 Å². The van der Waals surface area contributed by atoms with E-state index >= 15 is 0 Å². The third-order valence-electron chi connectivity index (χ3n) is 2.30. The molecule has 0 saturated heterocycles. The predicted octanol–water partition coefficient (Wildman–Crippen LogP) is 0.462. The number of rotatable bonds is 4. The van der Waals surface area contributed by atoms with Gasteiger partial charge in [0.05, 0.1) is 6.54 Å². The summed E-state index contributed by atoms with van der Waals surface area (Å²) in [7, 11) is 0. The van der Waals surface area contributed by atoms with E-state index < -0.39 is 17.5 Å². The van der Waals surface area contributed by atoms with Crippen LogP contribution in [-0.2, 0) is 4.79 Å². The number of carboxylic acid groups (broad SMARTS) is 1. The van der Waals surface area contributed by atoms with Gasteiger partial charge < -0.3 is 19.9 Å². The first-order chi connectivity index (χ1) is 7.74. The number of hydrogen-bond acceptors (Lipinski definition) is 4. The molecule has 1 unspecified atom stereocenters. The minimum atomic E-state index is -1.99. The summed E-state index contributed by atoms with van der Waals surface area (Å²) >= 11 is 0. The van der Waals surface area contributed by atoms with Crippen molar-refractivity contribution in [2.24, 2.45) is 0 Å². The summed E-state index contributed by atoms with van der Waals surface area (Å²) in [5, 5.41) is 20.4. The summed E-state index contributed by atoms with van der Waals surface area (Å²) in [4.78, 5) is 22.3. The maximum absolute atomic E-state index is 11.6. The number of carboxylic acids is 1. The van der Waals surface area contributed by atoms with Crippen LogP contribution in [0, 0.1) is 13.8 Å². The number of aryl methyl sites for hydroxylation is 2. The van der Waals surface area contributed by atoms with Gasteiger partial charge in [-0.3, -0.25) is 4.79 Å². The molecular weight excluding hydrogens is 226 g/mol. The van der Waals surface area contributed by atoms with Gasteiger partial charge in [-0.25, -0.2) is 4.79 Å². The lowest BCUT2D eigenvalue weighted by atomic mass is 10.1. The van der Waals surface area contributed by atoms with Crippen LogP contribution in [0.5, 0.6) is 0 Å². The first-order valence-corrected chi connectivity index (χ1v) is 5.05. The van der Waals surface area contributed by atoms with Gasteiger partial charge in [0.2, 0.25) is 0 Å². The molecule has 1 heterocycles. The molecule has 0 aliphatic rings. The van der Waals surface area contributed by atoms with E-state index in [1.54, 1.807) is 19.9 Å². The Balaban J connectivity index is 2.68. The van der Waals surface area contributed by atoms with Gasteiger partial charge in [0.15, 0.2) is 11.4 Å². The van der Waals surface area contributed by atoms with Crippen molar-refractivity contribution in [3.8, 4) is 0 Å². The standard InChI is InChI=1S/C11H15NO5/c1-6-4-7(2)17-8(6)9(13)12-5-11(3,16)10(14)15/h4,16H,5H2,1-3H3,(H,12,13)(H,14,15). The number of aliphatic carboxylic acids is 1. The van der Waals surface area contributed by atoms with E-state index in [1.807, 2.05) is 0 Å². The molecule has 0 saturated carbocycles. The van der Waals surface area contributed by atoms with Gasteiger partial charge in [-0.15, -0.1) is 0 Å². The third kappa shape index (κ3) is 3.07. The highest BCUT2D eigenvalue weighted by molar-refractivity contribution is 5.93. The second-order valence-electron chi connectivity index (χ2n) is 4.13. The zero-order valence-electron chi connectivity index (χ0n) is 9.90. The maximum atomic E-state index is 11.6. The summed E-state index contributed by atoms with van der Waals surface area (Å²) in [5.41, 5.74) is -1.33. The Morgan fingerprint density at radius 3 is 2.47 bits per heavy atom. The smallest absolute Gasteiger partial charge is 0.337 e. The van der Waals surface area contributed by atoms with E-state index in [0.717, 1.165) is 6.92 Å². The average molecular weight is 241 g/mol. The lowest BCUT2D eigenvalue weighted by molar-refractivity contribution is -0.155. The number of aliphatic hydroxyl groups is 1. The highest BCUT2D eigenvalue weighted by Gasteiger charge is 2.30. The molecule has 0 aliphatic heterocycles. The Bertz CT molecular complexity index is 447. The number of amides is 1. The number of nitrogens with one attached hydrogen (secondary N) is 1. The molecule has 1 aromatic rings. The zero-order valence-corrected chi connectivity index (χ0v) is 9.90. The Labute approximate surface area is 98.2 Å². The minimum absolute atomic E-state index is 0.128. The first-order valence-electron chi connectivity index (χ1n) is 5.05. The Kier molecular flexibility index (Phi) is 3.57. The van der Waals surface area contributed by atoms with Crippen molar-refractivity contribution >= 4 is 11.9 Å². The molecule has 94 valence electrons. The van der Waals surface area contributed by atoms with Crippen LogP contribution in [0.25, 0.3) is 0 Å². The van der Waals surface area contributed by atoms with E-state index in [2.05, 4.69) is 5.32 Å². The van der Waals surface area contributed by atoms with Crippen molar-refractivity contribution in [1.82, 2.24) is 5.32 Å². The highest BCUT2D eigenvalue weighted by atomic mass is 16.4. The fourth-order valence-electron chi connectivity index (χ4n) is 1.28. The van der Waals surface area contributed by atoms with Crippen LogP contribution in [0.15, 0.2) is 10.5 Å². The third-order valence-corrected chi connectivity index (χ3v) is 2.30. The molecule has 0 spiro atoms. The van der Waals surface area contributed by atoms with Crippen molar-refractivity contribution in [1.29, 1.82) is 0 Å². The molecule has 6 heteroatoms. The van der Waals surface area contributed by atoms with Gasteiger partial charge in [-0.05, 0) is 26.8 Å². The van der Waals surface area contributed by atoms with E-state index in [9.17, 15) is 14.7 Å². The van der Waals surface area contributed by atoms with Crippen molar-refractivity contribution in [2.75, 3.05) is 6.54 Å². The summed E-state index contributed by atoms with van der Waals surface area (Å²) < 4.78 is 5.16. The largest absolute Gasteiger partial charge is 0.479 e. The Hall–Kier alpha value is -1.82. The molecule has 0 aliphatic carbocycles. The Morgan fingerprint density at radius 2 is 2.06 bits per heavy atom. The maximum Gasteiger partial charge on any atom is 0.337 e. The van der Waals surface area contributed by atoms with Gasteiger partial charge in [0, 0.05) is 5.56 Å². The van der Waals surface area contributed by atoms with Crippen LogP contribution >= 0.6 is 0 Å². The van der Waals surface area contributed by atoms with Crippen molar-refractivity contribution in [2.45, 2.75) is 26.4 Å². The molecule has 0 aromatic carbocycles. The van der Waals surface area contributed by atoms with E-state index in [4.69, 9.17) is 9.52 Å². The number of hydrogen-bond donors (Lipinski definition) is 3. The van der Waals surface area contributed by atoms with Crippen LogP contribution in [-0.4, -0.2) is 34.2 Å². The van der Waals surface area contributed by atoms with Crippen molar-refractivity contribution in [3.05, 3.63) is 23.2 Å². The SMILES string of the molecule is Cc1cc(C)c(C(=O)NCC(C)(O)C(=O)O)o1. The molecule has 1 amide bonds. The molecule has 3 N–H and O–H groups in total. The van der Waals surface area contributed by atoms with Crippen LogP contribution in [0.4, 0.5) is 0 Å². The normalized spacial score (nSPS) is 14.1. The molecule has 0 bridgehead atoms. The van der Waals surface area contributed by atoms with Crippen LogP contribution in [0.2, 0.25) is 0 Å². The van der Waals surface area contributed by atoms with E-state index in [-0.39, 0.29) is 12.3 Å². The lowest BCUT2D eigenvalue weighted by Gasteiger charge is -2.17. The molecule has 0 radical (unpaired) electrons. The predicted molar refractivity (Wildman–Crippen MR) is 58.8 cm³/mol. The van der Waals surface area contributed by atoms with Crippen LogP contribution < -0.4 is 5.32 Å². The summed E-state index contributed by atoms with van der Waals surface area (Å²) in [6.07, 6.45) is 0. The first kappa shape index (κ1) is 13.2. The van der Waals surface area contributed by atoms with E-state index in [0.29, 0.717) is 11.3 Å². The highest BCUT2D eigenvalue weighted by Crippen LogP contribution is 2.13. The molecule has 17 heavy (non-hydrogen) atoms. The topological polar surface area (TPSA) is 99.8 Å². The molecule has 1 aromatic heterocycles. The van der Waals surface area contributed by atoms with Crippen LogP contribution in [0.1, 0.15) is 28.8 Å². The number of carbonyl (C=O) groups is 2. The number of carbonyl (C=O) groups excluding carboxylic acids is 1. The molecule has 1 rings (SSSR count). The lowest BCUT2D eigenvalue weighted by Crippen LogP contribution is -2.46. The van der Waals surface area contributed by atoms with Crippen LogP contribution in [0.3, 0.4) is 0 Å². The fourth-order valence-corrected chi connectivity index (χ4v) is 1.28. The Morgan fingerprint density at radius 1 is 1.47 bits per heavy atom. The van der Waals surface area contributed by atoms with E-state index in [1.165, 1.54) is 0 Å².